The standard InChI is InChI=1S/C22H23FN4O5/c1-22(2,3)32-21(29)26-17-11-15(23)10-14(9-13-6-7-13)19(17)24-18(26)12-25-8-4-5-16(20(25)28)27(30)31/h4-5,8,10-11,13H,6-7,9,12H2,1-3H3. The SMILES string of the molecule is CC(C)(C)OC(=O)n1c(Cn2cccc([N+](=O)[O-])c2=O)nc2c(CC3CC3)cc(F)cc21. The Labute approximate surface area is 182 Å². The smallest absolute Gasteiger partial charge is 0.420 e. The van der Waals surface area contributed by atoms with Gasteiger partial charge in [-0.25, -0.2) is 18.7 Å². The minimum atomic E-state index is -0.829. The third kappa shape index (κ3) is 4.39. The quantitative estimate of drug-likeness (QED) is 0.436. The van der Waals surface area contributed by atoms with Crippen molar-refractivity contribution >= 4 is 22.8 Å². The molecule has 1 aromatic carbocycles. The number of benzene rings is 1. The fraction of sp³-hybridized carbons (Fsp3) is 0.409. The summed E-state index contributed by atoms with van der Waals surface area (Å²) in [5.74, 6) is 0.0749. The highest BCUT2D eigenvalue weighted by Crippen LogP contribution is 2.35. The van der Waals surface area contributed by atoms with Crippen molar-refractivity contribution in [3.8, 4) is 0 Å². The van der Waals surface area contributed by atoms with E-state index in [1.807, 2.05) is 0 Å². The Morgan fingerprint density at radius 2 is 2.06 bits per heavy atom. The number of fused-ring (bicyclic) bond motifs is 1. The van der Waals surface area contributed by atoms with E-state index in [0.29, 0.717) is 23.4 Å². The number of hydrogen-bond donors (Lipinski definition) is 0. The van der Waals surface area contributed by atoms with Gasteiger partial charge >= 0.3 is 17.3 Å². The summed E-state index contributed by atoms with van der Waals surface area (Å²) in [6.45, 7) is 4.88. The number of imidazole rings is 1. The van der Waals surface area contributed by atoms with Gasteiger partial charge in [0.2, 0.25) is 0 Å². The van der Waals surface area contributed by atoms with Gasteiger partial charge in [0.15, 0.2) is 0 Å². The Balaban J connectivity index is 1.88. The number of pyridine rings is 1. The maximum absolute atomic E-state index is 14.5. The number of rotatable bonds is 5. The molecule has 0 aliphatic heterocycles. The maximum Gasteiger partial charge on any atom is 0.420 e. The van der Waals surface area contributed by atoms with Crippen molar-refractivity contribution < 1.29 is 18.8 Å². The van der Waals surface area contributed by atoms with Gasteiger partial charge in [0.25, 0.3) is 0 Å². The van der Waals surface area contributed by atoms with Crippen molar-refractivity contribution in [2.75, 3.05) is 0 Å². The molecule has 9 nitrogen and oxygen atoms in total. The Kier molecular flexibility index (Phi) is 5.31. The van der Waals surface area contributed by atoms with Gasteiger partial charge < -0.3 is 9.30 Å². The average molecular weight is 442 g/mol. The van der Waals surface area contributed by atoms with Gasteiger partial charge in [-0.05, 0) is 63.6 Å². The lowest BCUT2D eigenvalue weighted by Gasteiger charge is -2.20. The van der Waals surface area contributed by atoms with Gasteiger partial charge in [-0.15, -0.1) is 0 Å². The van der Waals surface area contributed by atoms with Crippen molar-refractivity contribution in [2.45, 2.75) is 52.2 Å². The molecular weight excluding hydrogens is 419 g/mol. The van der Waals surface area contributed by atoms with Gasteiger partial charge in [0.1, 0.15) is 17.2 Å². The van der Waals surface area contributed by atoms with Crippen LogP contribution in [0.2, 0.25) is 0 Å². The van der Waals surface area contributed by atoms with E-state index in [9.17, 15) is 24.1 Å². The van der Waals surface area contributed by atoms with E-state index < -0.39 is 33.7 Å². The summed E-state index contributed by atoms with van der Waals surface area (Å²) in [5, 5.41) is 11.1. The Hall–Kier alpha value is -3.56. The predicted octanol–water partition coefficient (Wildman–Crippen LogP) is 4.03. The topological polar surface area (TPSA) is 109 Å². The predicted molar refractivity (Wildman–Crippen MR) is 114 cm³/mol. The van der Waals surface area contributed by atoms with Crippen molar-refractivity contribution in [1.29, 1.82) is 0 Å². The zero-order valence-electron chi connectivity index (χ0n) is 18.0. The molecule has 4 rings (SSSR count). The minimum absolute atomic E-state index is 0.125. The molecule has 0 N–H and O–H groups in total. The third-order valence-electron chi connectivity index (χ3n) is 5.16. The van der Waals surface area contributed by atoms with Gasteiger partial charge in [0, 0.05) is 18.3 Å². The average Bonchev–Trinajstić information content (AvgIpc) is 3.40. The van der Waals surface area contributed by atoms with E-state index in [4.69, 9.17) is 4.74 Å². The van der Waals surface area contributed by atoms with Gasteiger partial charge in [0.05, 0.1) is 22.5 Å². The number of carbonyl (C=O) groups excluding carboxylic acids is 1. The summed E-state index contributed by atoms with van der Waals surface area (Å²) >= 11 is 0. The largest absolute Gasteiger partial charge is 0.443 e. The van der Waals surface area contributed by atoms with E-state index >= 15 is 0 Å². The monoisotopic (exact) mass is 442 g/mol. The van der Waals surface area contributed by atoms with Crippen LogP contribution in [0.3, 0.4) is 0 Å². The van der Waals surface area contributed by atoms with Crippen molar-refractivity contribution in [1.82, 2.24) is 14.1 Å². The molecule has 2 aromatic heterocycles. The third-order valence-corrected chi connectivity index (χ3v) is 5.16. The molecule has 1 fully saturated rings. The highest BCUT2D eigenvalue weighted by atomic mass is 19.1. The summed E-state index contributed by atoms with van der Waals surface area (Å²) in [6.07, 6.45) is 3.35. The molecule has 0 bridgehead atoms. The van der Waals surface area contributed by atoms with Crippen LogP contribution >= 0.6 is 0 Å². The van der Waals surface area contributed by atoms with E-state index in [1.54, 1.807) is 20.8 Å². The Bertz CT molecular complexity index is 1280. The summed E-state index contributed by atoms with van der Waals surface area (Å²) in [7, 11) is 0. The molecule has 32 heavy (non-hydrogen) atoms. The first-order valence-corrected chi connectivity index (χ1v) is 10.3. The second-order valence-electron chi connectivity index (χ2n) is 9.01. The van der Waals surface area contributed by atoms with Crippen LogP contribution in [0.1, 0.15) is 45.0 Å². The molecule has 10 heteroatoms. The molecule has 2 heterocycles. The van der Waals surface area contributed by atoms with Gasteiger partial charge in [-0.3, -0.25) is 14.9 Å². The van der Waals surface area contributed by atoms with Crippen LogP contribution in [0.4, 0.5) is 14.9 Å². The highest BCUT2D eigenvalue weighted by molar-refractivity contribution is 5.89. The number of halogens is 1. The van der Waals surface area contributed by atoms with E-state index in [-0.39, 0.29) is 17.9 Å². The molecular formula is C22H23FN4O5. The molecule has 0 unspecified atom stereocenters. The summed E-state index contributed by atoms with van der Waals surface area (Å²) in [5.41, 5.74) is -0.867. The first kappa shape index (κ1) is 21.7. The number of hydrogen-bond acceptors (Lipinski definition) is 6. The molecule has 0 saturated heterocycles. The summed E-state index contributed by atoms with van der Waals surface area (Å²) in [4.78, 5) is 40.5. The molecule has 168 valence electrons. The molecule has 1 aliphatic rings. The number of aromatic nitrogens is 3. The Morgan fingerprint density at radius 1 is 1.34 bits per heavy atom. The van der Waals surface area contributed by atoms with Crippen molar-refractivity contribution in [2.24, 2.45) is 5.92 Å². The fourth-order valence-electron chi connectivity index (χ4n) is 3.60. The van der Waals surface area contributed by atoms with Crippen LogP contribution in [0.15, 0.2) is 35.3 Å². The maximum atomic E-state index is 14.5. The highest BCUT2D eigenvalue weighted by Gasteiger charge is 2.28. The summed E-state index contributed by atoms with van der Waals surface area (Å²) < 4.78 is 22.2. The van der Waals surface area contributed by atoms with Crippen LogP contribution in [0, 0.1) is 21.8 Å². The molecule has 3 aromatic rings. The van der Waals surface area contributed by atoms with Crippen molar-refractivity contribution in [3.05, 3.63) is 68.1 Å². The number of carbonyl (C=O) groups is 1. The van der Waals surface area contributed by atoms with Crippen LogP contribution < -0.4 is 5.56 Å². The van der Waals surface area contributed by atoms with Crippen LogP contribution in [-0.2, 0) is 17.7 Å². The minimum Gasteiger partial charge on any atom is -0.443 e. The molecule has 0 radical (unpaired) electrons. The Morgan fingerprint density at radius 3 is 2.69 bits per heavy atom. The second-order valence-corrected chi connectivity index (χ2v) is 9.01. The van der Waals surface area contributed by atoms with Crippen LogP contribution in [-0.4, -0.2) is 30.7 Å². The lowest BCUT2D eigenvalue weighted by atomic mass is 10.1. The lowest BCUT2D eigenvalue weighted by molar-refractivity contribution is -0.386. The zero-order chi connectivity index (χ0) is 23.2. The first-order chi connectivity index (χ1) is 15.0. The van der Waals surface area contributed by atoms with Crippen LogP contribution in [0.5, 0.6) is 0 Å². The molecule has 1 saturated carbocycles. The number of nitrogens with zero attached hydrogens (tertiary/aromatic N) is 4. The lowest BCUT2D eigenvalue weighted by Crippen LogP contribution is -2.29. The second kappa shape index (κ2) is 7.85. The van der Waals surface area contributed by atoms with Gasteiger partial charge in [-0.1, -0.05) is 0 Å². The van der Waals surface area contributed by atoms with Gasteiger partial charge in [-0.2, -0.15) is 0 Å². The molecule has 0 atom stereocenters. The number of nitro groups is 1. The fourth-order valence-corrected chi connectivity index (χ4v) is 3.60. The zero-order valence-corrected chi connectivity index (χ0v) is 18.0. The van der Waals surface area contributed by atoms with E-state index in [1.165, 1.54) is 24.4 Å². The van der Waals surface area contributed by atoms with Crippen LogP contribution in [0.25, 0.3) is 11.0 Å². The number of ether oxygens (including phenoxy) is 1. The van der Waals surface area contributed by atoms with E-state index in [2.05, 4.69) is 4.98 Å². The van der Waals surface area contributed by atoms with E-state index in [0.717, 1.165) is 28.0 Å². The normalized spacial score (nSPS) is 14.0. The van der Waals surface area contributed by atoms with Crippen molar-refractivity contribution in [3.63, 3.8) is 0 Å². The summed E-state index contributed by atoms with van der Waals surface area (Å²) in [6, 6.07) is 5.11. The molecule has 0 spiro atoms. The molecule has 0 amide bonds. The first-order valence-electron chi connectivity index (χ1n) is 10.3. The molecule has 1 aliphatic carbocycles.